The van der Waals surface area contributed by atoms with Crippen molar-refractivity contribution in [1.82, 2.24) is 5.32 Å². The van der Waals surface area contributed by atoms with Gasteiger partial charge in [-0.25, -0.2) is 8.78 Å². The van der Waals surface area contributed by atoms with Crippen LogP contribution in [0.4, 0.5) is 8.78 Å². The lowest BCUT2D eigenvalue weighted by molar-refractivity contribution is -0.124. The van der Waals surface area contributed by atoms with Crippen molar-refractivity contribution in [3.05, 3.63) is 0 Å². The van der Waals surface area contributed by atoms with Gasteiger partial charge in [0.25, 0.3) is 0 Å². The number of unbranched alkanes of at least 4 members (excludes halogenated alkanes) is 1. The maximum atomic E-state index is 12.9. The van der Waals surface area contributed by atoms with Gasteiger partial charge in [0.05, 0.1) is 6.61 Å². The van der Waals surface area contributed by atoms with Crippen molar-refractivity contribution in [1.29, 1.82) is 0 Å². The molecule has 0 radical (unpaired) electrons. The zero-order valence-electron chi connectivity index (χ0n) is 10.4. The Morgan fingerprint density at radius 1 is 1.41 bits per heavy atom. The first kappa shape index (κ1) is 14.8. The highest BCUT2D eigenvalue weighted by Gasteiger charge is 2.34. The molecule has 0 bridgehead atoms. The van der Waals surface area contributed by atoms with Crippen LogP contribution in [0.2, 0.25) is 0 Å². The lowest BCUT2D eigenvalue weighted by atomic mass is 9.87. The number of alkyl halides is 2. The fraction of sp³-hybridized carbons (Fsp3) is 1.00. The van der Waals surface area contributed by atoms with E-state index in [0.29, 0.717) is 26.0 Å². The van der Waals surface area contributed by atoms with Gasteiger partial charge >= 0.3 is 0 Å². The van der Waals surface area contributed by atoms with Crippen LogP contribution in [0.15, 0.2) is 0 Å². The van der Waals surface area contributed by atoms with Crippen LogP contribution in [0.3, 0.4) is 0 Å². The van der Waals surface area contributed by atoms with Crippen LogP contribution in [-0.2, 0) is 4.74 Å². The number of hydrogen-bond donors (Lipinski definition) is 2. The molecule has 0 aromatic rings. The third-order valence-electron chi connectivity index (χ3n) is 3.19. The summed E-state index contributed by atoms with van der Waals surface area (Å²) in [5.74, 6) is -2.26. The second-order valence-corrected chi connectivity index (χ2v) is 4.78. The summed E-state index contributed by atoms with van der Waals surface area (Å²) in [6, 6.07) is 0. The van der Waals surface area contributed by atoms with E-state index in [9.17, 15) is 13.9 Å². The molecule has 0 spiro atoms. The van der Waals surface area contributed by atoms with Gasteiger partial charge in [0.1, 0.15) is 0 Å². The normalized spacial score (nSPS) is 22.6. The van der Waals surface area contributed by atoms with Crippen LogP contribution in [0, 0.1) is 5.92 Å². The zero-order valence-corrected chi connectivity index (χ0v) is 10.4. The Bertz CT molecular complexity index is 205. The number of nitrogens with one attached hydrogen (secondary N) is 1. The number of ether oxygens (including phenoxy) is 1. The average Bonchev–Trinajstić information content (AvgIpc) is 2.28. The molecule has 1 rings (SSSR count). The standard InChI is InChI=1S/C12H23F2NO2/c1-2-3-8-17-11(16)15-9-10-4-6-12(13,14)7-5-10/h10-11,15-16H,2-9H2,1H3. The van der Waals surface area contributed by atoms with Gasteiger partial charge in [-0.05, 0) is 25.2 Å². The Morgan fingerprint density at radius 2 is 2.06 bits per heavy atom. The molecule has 102 valence electrons. The number of rotatable bonds is 7. The fourth-order valence-electron chi connectivity index (χ4n) is 1.97. The van der Waals surface area contributed by atoms with Gasteiger partial charge in [-0.1, -0.05) is 13.3 Å². The number of hydrogen-bond acceptors (Lipinski definition) is 3. The highest BCUT2D eigenvalue weighted by atomic mass is 19.3. The zero-order chi connectivity index (χ0) is 12.7. The quantitative estimate of drug-likeness (QED) is 0.539. The van der Waals surface area contributed by atoms with Crippen LogP contribution in [0.5, 0.6) is 0 Å². The first-order valence-corrected chi connectivity index (χ1v) is 6.44. The van der Waals surface area contributed by atoms with E-state index in [4.69, 9.17) is 4.74 Å². The molecule has 1 aliphatic carbocycles. The monoisotopic (exact) mass is 251 g/mol. The Kier molecular flexibility index (Phi) is 6.30. The molecule has 0 aromatic heterocycles. The highest BCUT2D eigenvalue weighted by molar-refractivity contribution is 4.78. The highest BCUT2D eigenvalue weighted by Crippen LogP contribution is 2.35. The SMILES string of the molecule is CCCCOC(O)NCC1CCC(F)(F)CC1. The van der Waals surface area contributed by atoms with Crippen LogP contribution in [0.1, 0.15) is 45.4 Å². The topological polar surface area (TPSA) is 41.5 Å². The smallest absolute Gasteiger partial charge is 0.248 e. The second-order valence-electron chi connectivity index (χ2n) is 4.78. The van der Waals surface area contributed by atoms with Crippen molar-refractivity contribution in [3.8, 4) is 0 Å². The molecule has 0 aromatic carbocycles. The van der Waals surface area contributed by atoms with E-state index in [1.807, 2.05) is 6.92 Å². The minimum atomic E-state index is -2.48. The van der Waals surface area contributed by atoms with Gasteiger partial charge in [-0.3, -0.25) is 5.32 Å². The second kappa shape index (κ2) is 7.24. The number of halogens is 2. The van der Waals surface area contributed by atoms with Gasteiger partial charge in [0, 0.05) is 19.4 Å². The Balaban J connectivity index is 2.06. The summed E-state index contributed by atoms with van der Waals surface area (Å²) in [7, 11) is 0. The largest absolute Gasteiger partial charge is 0.356 e. The lowest BCUT2D eigenvalue weighted by Crippen LogP contribution is -2.37. The predicted molar refractivity (Wildman–Crippen MR) is 61.8 cm³/mol. The van der Waals surface area contributed by atoms with E-state index in [0.717, 1.165) is 12.8 Å². The molecule has 0 amide bonds. The molecule has 1 saturated carbocycles. The minimum Gasteiger partial charge on any atom is -0.356 e. The van der Waals surface area contributed by atoms with Crippen molar-refractivity contribution in [2.24, 2.45) is 5.92 Å². The van der Waals surface area contributed by atoms with E-state index in [1.165, 1.54) is 0 Å². The first-order valence-electron chi connectivity index (χ1n) is 6.44. The van der Waals surface area contributed by atoms with E-state index < -0.39 is 12.3 Å². The number of aliphatic hydroxyl groups is 1. The van der Waals surface area contributed by atoms with Gasteiger partial charge in [0.2, 0.25) is 12.3 Å². The van der Waals surface area contributed by atoms with Gasteiger partial charge in [-0.2, -0.15) is 0 Å². The molecule has 1 aliphatic rings. The third kappa shape index (κ3) is 6.29. The molecule has 0 heterocycles. The van der Waals surface area contributed by atoms with Crippen LogP contribution < -0.4 is 5.32 Å². The Labute approximate surface area is 102 Å². The third-order valence-corrected chi connectivity index (χ3v) is 3.19. The minimum absolute atomic E-state index is 0.0356. The van der Waals surface area contributed by atoms with Crippen molar-refractivity contribution in [2.45, 2.75) is 57.8 Å². The van der Waals surface area contributed by atoms with E-state index >= 15 is 0 Å². The lowest BCUT2D eigenvalue weighted by Gasteiger charge is -2.28. The molecule has 17 heavy (non-hydrogen) atoms. The van der Waals surface area contributed by atoms with Crippen molar-refractivity contribution in [3.63, 3.8) is 0 Å². The van der Waals surface area contributed by atoms with E-state index in [-0.39, 0.29) is 18.8 Å². The molecular formula is C12H23F2NO2. The Hall–Kier alpha value is -0.260. The van der Waals surface area contributed by atoms with Crippen LogP contribution in [0.25, 0.3) is 0 Å². The maximum Gasteiger partial charge on any atom is 0.248 e. The van der Waals surface area contributed by atoms with E-state index in [1.54, 1.807) is 0 Å². The molecule has 1 atom stereocenters. The summed E-state index contributed by atoms with van der Waals surface area (Å²) in [6.45, 7) is 3.11. The molecule has 2 N–H and O–H groups in total. The predicted octanol–water partition coefficient (Wildman–Crippen LogP) is 2.49. The van der Waals surface area contributed by atoms with Gasteiger partial charge in [0.15, 0.2) is 0 Å². The van der Waals surface area contributed by atoms with E-state index in [2.05, 4.69) is 5.32 Å². The average molecular weight is 251 g/mol. The summed E-state index contributed by atoms with van der Waals surface area (Å²) in [6.07, 6.45) is 1.92. The molecule has 0 aliphatic heterocycles. The van der Waals surface area contributed by atoms with Crippen molar-refractivity contribution >= 4 is 0 Å². The van der Waals surface area contributed by atoms with Gasteiger partial charge in [-0.15, -0.1) is 0 Å². The summed E-state index contributed by atoms with van der Waals surface area (Å²) in [4.78, 5) is 0. The van der Waals surface area contributed by atoms with Crippen LogP contribution in [-0.4, -0.2) is 30.6 Å². The Morgan fingerprint density at radius 3 is 2.65 bits per heavy atom. The summed E-state index contributed by atoms with van der Waals surface area (Å²) in [5, 5.41) is 12.3. The summed E-state index contributed by atoms with van der Waals surface area (Å²) in [5.41, 5.74) is 0. The maximum absolute atomic E-state index is 12.9. The summed E-state index contributed by atoms with van der Waals surface area (Å²) >= 11 is 0. The number of aliphatic hydroxyl groups excluding tert-OH is 1. The molecular weight excluding hydrogens is 228 g/mol. The molecule has 1 unspecified atom stereocenters. The van der Waals surface area contributed by atoms with Crippen LogP contribution >= 0.6 is 0 Å². The fourth-order valence-corrected chi connectivity index (χ4v) is 1.97. The van der Waals surface area contributed by atoms with Crippen molar-refractivity contribution < 1.29 is 18.6 Å². The van der Waals surface area contributed by atoms with Crippen molar-refractivity contribution in [2.75, 3.05) is 13.2 Å². The molecule has 0 saturated heterocycles. The molecule has 5 heteroatoms. The van der Waals surface area contributed by atoms with Gasteiger partial charge < -0.3 is 9.84 Å². The summed E-state index contributed by atoms with van der Waals surface area (Å²) < 4.78 is 30.9. The molecule has 1 fully saturated rings. The first-order chi connectivity index (χ1) is 8.03. The molecule has 3 nitrogen and oxygen atoms in total.